The summed E-state index contributed by atoms with van der Waals surface area (Å²) in [5.74, 6) is -0.192. The topological polar surface area (TPSA) is 12.0 Å². The minimum atomic E-state index is -0.192. The Morgan fingerprint density at radius 1 is 1.05 bits per heavy atom. The van der Waals surface area contributed by atoms with Gasteiger partial charge in [-0.15, -0.1) is 0 Å². The molecule has 2 aromatic rings. The van der Waals surface area contributed by atoms with E-state index in [4.69, 9.17) is 0 Å². The van der Waals surface area contributed by atoms with Crippen molar-refractivity contribution in [2.45, 2.75) is 36.2 Å². The molecular weight excluding hydrogens is 257 g/mol. The summed E-state index contributed by atoms with van der Waals surface area (Å²) in [4.78, 5) is 2.05. The molecule has 0 aliphatic heterocycles. The fraction of sp³-hybridized carbons (Fsp3) is 0.250. The Hall–Kier alpha value is -1.32. The highest BCUT2D eigenvalue weighted by atomic mass is 32.2. The SMILES string of the molecule is CC(C)NCc1ccc(Sc2cccc(F)c2)cc1. The first-order valence-electron chi connectivity index (χ1n) is 6.39. The Morgan fingerprint density at radius 3 is 2.42 bits per heavy atom. The van der Waals surface area contributed by atoms with Gasteiger partial charge in [0.15, 0.2) is 0 Å². The van der Waals surface area contributed by atoms with Gasteiger partial charge in [0.25, 0.3) is 0 Å². The summed E-state index contributed by atoms with van der Waals surface area (Å²) in [6.45, 7) is 5.14. The lowest BCUT2D eigenvalue weighted by molar-refractivity contribution is 0.588. The first kappa shape index (κ1) is 14.1. The third-order valence-corrected chi connectivity index (χ3v) is 3.67. The van der Waals surface area contributed by atoms with Gasteiger partial charge >= 0.3 is 0 Å². The van der Waals surface area contributed by atoms with Crippen molar-refractivity contribution in [1.82, 2.24) is 5.32 Å². The normalized spacial score (nSPS) is 10.9. The molecule has 0 heterocycles. The second kappa shape index (κ2) is 6.73. The highest BCUT2D eigenvalue weighted by molar-refractivity contribution is 7.99. The van der Waals surface area contributed by atoms with E-state index in [1.807, 2.05) is 6.07 Å². The summed E-state index contributed by atoms with van der Waals surface area (Å²) < 4.78 is 13.1. The third-order valence-electron chi connectivity index (χ3n) is 2.67. The average Bonchev–Trinajstić information content (AvgIpc) is 2.38. The molecule has 0 saturated carbocycles. The van der Waals surface area contributed by atoms with Crippen LogP contribution in [0.2, 0.25) is 0 Å². The summed E-state index contributed by atoms with van der Waals surface area (Å²) in [6, 6.07) is 15.5. The largest absolute Gasteiger partial charge is 0.310 e. The van der Waals surface area contributed by atoms with Crippen LogP contribution in [0.15, 0.2) is 58.3 Å². The summed E-state index contributed by atoms with van der Waals surface area (Å²) in [6.07, 6.45) is 0. The van der Waals surface area contributed by atoms with Crippen molar-refractivity contribution in [3.63, 3.8) is 0 Å². The van der Waals surface area contributed by atoms with Crippen molar-refractivity contribution in [2.24, 2.45) is 0 Å². The van der Waals surface area contributed by atoms with Crippen LogP contribution < -0.4 is 5.32 Å². The van der Waals surface area contributed by atoms with Crippen molar-refractivity contribution >= 4 is 11.8 Å². The predicted molar refractivity (Wildman–Crippen MR) is 78.9 cm³/mol. The Kier molecular flexibility index (Phi) is 5.00. The maximum Gasteiger partial charge on any atom is 0.124 e. The van der Waals surface area contributed by atoms with Crippen LogP contribution in [0.1, 0.15) is 19.4 Å². The minimum Gasteiger partial charge on any atom is -0.310 e. The van der Waals surface area contributed by atoms with Gasteiger partial charge in [-0.3, -0.25) is 0 Å². The predicted octanol–water partition coefficient (Wildman–Crippen LogP) is 4.47. The van der Waals surface area contributed by atoms with Gasteiger partial charge < -0.3 is 5.32 Å². The molecule has 0 aromatic heterocycles. The molecule has 0 atom stereocenters. The Labute approximate surface area is 118 Å². The fourth-order valence-electron chi connectivity index (χ4n) is 1.66. The number of halogens is 1. The van der Waals surface area contributed by atoms with Crippen LogP contribution in [0.3, 0.4) is 0 Å². The molecule has 0 aliphatic carbocycles. The molecule has 0 spiro atoms. The molecule has 2 aromatic carbocycles. The van der Waals surface area contributed by atoms with Crippen molar-refractivity contribution in [3.05, 3.63) is 59.9 Å². The van der Waals surface area contributed by atoms with Crippen molar-refractivity contribution < 1.29 is 4.39 Å². The zero-order chi connectivity index (χ0) is 13.7. The van der Waals surface area contributed by atoms with Gasteiger partial charge in [-0.05, 0) is 35.9 Å². The van der Waals surface area contributed by atoms with E-state index in [0.717, 1.165) is 16.3 Å². The quantitative estimate of drug-likeness (QED) is 0.863. The van der Waals surface area contributed by atoms with E-state index in [9.17, 15) is 4.39 Å². The molecule has 2 rings (SSSR count). The van der Waals surface area contributed by atoms with E-state index in [-0.39, 0.29) is 5.82 Å². The van der Waals surface area contributed by atoms with E-state index in [2.05, 4.69) is 43.4 Å². The van der Waals surface area contributed by atoms with E-state index in [1.165, 1.54) is 11.6 Å². The van der Waals surface area contributed by atoms with Gasteiger partial charge in [-0.2, -0.15) is 0 Å². The number of hydrogen-bond acceptors (Lipinski definition) is 2. The number of nitrogens with one attached hydrogen (secondary N) is 1. The molecule has 1 N–H and O–H groups in total. The average molecular weight is 275 g/mol. The van der Waals surface area contributed by atoms with Crippen molar-refractivity contribution in [3.8, 4) is 0 Å². The third kappa shape index (κ3) is 4.69. The second-order valence-electron chi connectivity index (χ2n) is 4.74. The lowest BCUT2D eigenvalue weighted by atomic mass is 10.2. The van der Waals surface area contributed by atoms with Crippen molar-refractivity contribution in [1.29, 1.82) is 0 Å². The molecule has 0 radical (unpaired) electrons. The van der Waals surface area contributed by atoms with Gasteiger partial charge in [-0.25, -0.2) is 4.39 Å². The Bertz CT molecular complexity index is 523. The fourth-order valence-corrected chi connectivity index (χ4v) is 2.53. The van der Waals surface area contributed by atoms with Crippen LogP contribution in [-0.2, 0) is 6.54 Å². The lowest BCUT2D eigenvalue weighted by Gasteiger charge is -2.08. The minimum absolute atomic E-state index is 0.192. The maximum atomic E-state index is 13.1. The molecule has 0 saturated heterocycles. The molecule has 0 aliphatic rings. The zero-order valence-corrected chi connectivity index (χ0v) is 12.0. The van der Waals surface area contributed by atoms with Crippen LogP contribution in [0.25, 0.3) is 0 Å². The maximum absolute atomic E-state index is 13.1. The molecular formula is C16H18FNS. The zero-order valence-electron chi connectivity index (χ0n) is 11.2. The van der Waals surface area contributed by atoms with Gasteiger partial charge in [0.05, 0.1) is 0 Å². The van der Waals surface area contributed by atoms with Gasteiger partial charge in [0, 0.05) is 22.4 Å². The molecule has 3 heteroatoms. The van der Waals surface area contributed by atoms with Gasteiger partial charge in [0.2, 0.25) is 0 Å². The van der Waals surface area contributed by atoms with Gasteiger partial charge in [-0.1, -0.05) is 43.8 Å². The molecule has 19 heavy (non-hydrogen) atoms. The van der Waals surface area contributed by atoms with E-state index < -0.39 is 0 Å². The summed E-state index contributed by atoms with van der Waals surface area (Å²) in [5, 5.41) is 3.38. The molecule has 0 bridgehead atoms. The molecule has 0 amide bonds. The molecule has 1 nitrogen and oxygen atoms in total. The second-order valence-corrected chi connectivity index (χ2v) is 5.89. The molecule has 0 fully saturated rings. The standard InChI is InChI=1S/C16H18FNS/c1-12(2)18-11-13-6-8-15(9-7-13)19-16-5-3-4-14(17)10-16/h3-10,12,18H,11H2,1-2H3. The molecule has 100 valence electrons. The van der Waals surface area contributed by atoms with Crippen molar-refractivity contribution in [2.75, 3.05) is 0 Å². The monoisotopic (exact) mass is 275 g/mol. The van der Waals surface area contributed by atoms with E-state index >= 15 is 0 Å². The lowest BCUT2D eigenvalue weighted by Crippen LogP contribution is -2.21. The number of benzene rings is 2. The van der Waals surface area contributed by atoms with Gasteiger partial charge in [0.1, 0.15) is 5.82 Å². The Balaban J connectivity index is 1.98. The smallest absolute Gasteiger partial charge is 0.124 e. The van der Waals surface area contributed by atoms with Crippen LogP contribution in [-0.4, -0.2) is 6.04 Å². The molecule has 0 unspecified atom stereocenters. The summed E-state index contributed by atoms with van der Waals surface area (Å²) in [7, 11) is 0. The Morgan fingerprint density at radius 2 is 1.79 bits per heavy atom. The highest BCUT2D eigenvalue weighted by Crippen LogP contribution is 2.28. The summed E-state index contributed by atoms with van der Waals surface area (Å²) >= 11 is 1.57. The number of hydrogen-bond donors (Lipinski definition) is 1. The van der Waals surface area contributed by atoms with Crippen LogP contribution >= 0.6 is 11.8 Å². The number of rotatable bonds is 5. The van der Waals surface area contributed by atoms with Crippen LogP contribution in [0, 0.1) is 5.82 Å². The van der Waals surface area contributed by atoms with Crippen LogP contribution in [0.4, 0.5) is 4.39 Å². The van der Waals surface area contributed by atoms with Crippen LogP contribution in [0.5, 0.6) is 0 Å². The highest BCUT2D eigenvalue weighted by Gasteiger charge is 2.00. The first-order valence-corrected chi connectivity index (χ1v) is 7.21. The first-order chi connectivity index (χ1) is 9.13. The van der Waals surface area contributed by atoms with E-state index in [0.29, 0.717) is 6.04 Å². The summed E-state index contributed by atoms with van der Waals surface area (Å²) in [5.41, 5.74) is 1.26. The van der Waals surface area contributed by atoms with E-state index in [1.54, 1.807) is 23.9 Å².